The minimum atomic E-state index is 0.694. The molecule has 0 saturated heterocycles. The third kappa shape index (κ3) is 4.51. The highest BCUT2D eigenvalue weighted by Crippen LogP contribution is 2.42. The first kappa shape index (κ1) is 27.5. The molecule has 10 rings (SSSR count). The quantitative estimate of drug-likeness (QED) is 0.144. The van der Waals surface area contributed by atoms with Gasteiger partial charge in [0.1, 0.15) is 11.2 Å². The molecule has 3 nitrogen and oxygen atoms in total. The zero-order chi connectivity index (χ0) is 32.3. The molecule has 0 aliphatic heterocycles. The van der Waals surface area contributed by atoms with E-state index in [2.05, 4.69) is 140 Å². The van der Waals surface area contributed by atoms with Crippen LogP contribution in [0.25, 0.3) is 99.3 Å². The normalized spacial score (nSPS) is 11.7. The average molecular weight is 625 g/mol. The molecule has 0 N–H and O–H groups in total. The number of hydrogen-bond donors (Lipinski definition) is 0. The Bertz CT molecular complexity index is 2890. The van der Waals surface area contributed by atoms with Crippen molar-refractivity contribution in [3.63, 3.8) is 0 Å². The molecule has 2 heterocycles. The zero-order valence-corrected chi connectivity index (χ0v) is 26.5. The second-order valence-corrected chi connectivity index (χ2v) is 12.5. The molecule has 0 aliphatic rings. The number of nitrogens with zero attached hydrogens (tertiary/aromatic N) is 2. The maximum absolute atomic E-state index is 6.43. The van der Waals surface area contributed by atoms with Crippen molar-refractivity contribution in [2.24, 2.45) is 0 Å². The lowest BCUT2D eigenvalue weighted by molar-refractivity contribution is 0.670. The van der Waals surface area contributed by atoms with Crippen molar-refractivity contribution in [1.29, 1.82) is 0 Å². The molecule has 228 valence electrons. The van der Waals surface area contributed by atoms with Crippen LogP contribution in [0.15, 0.2) is 174 Å². The van der Waals surface area contributed by atoms with Gasteiger partial charge in [-0.3, -0.25) is 0 Å². The van der Waals surface area contributed by atoms with Crippen LogP contribution in [-0.2, 0) is 0 Å². The van der Waals surface area contributed by atoms with Crippen LogP contribution in [0.1, 0.15) is 0 Å². The summed E-state index contributed by atoms with van der Waals surface area (Å²) in [6.07, 6.45) is 0. The average Bonchev–Trinajstić information content (AvgIpc) is 3.56. The van der Waals surface area contributed by atoms with Crippen molar-refractivity contribution >= 4 is 54.3 Å². The SMILES string of the molecule is c1ccc(-c2nc(-c3cccc(-c4cccc5c4oc4ccccc45)c3)cc(-c3c4ccccc4cc4ccc5ccccc5c34)n2)cc1. The molecule has 0 amide bonds. The molecule has 0 fully saturated rings. The Morgan fingerprint density at radius 3 is 1.94 bits per heavy atom. The Balaban J connectivity index is 1.24. The molecule has 0 radical (unpaired) electrons. The Labute approximate surface area is 282 Å². The van der Waals surface area contributed by atoms with Crippen LogP contribution in [0.4, 0.5) is 0 Å². The zero-order valence-electron chi connectivity index (χ0n) is 26.5. The third-order valence-corrected chi connectivity index (χ3v) is 9.64. The first-order chi connectivity index (χ1) is 24.3. The molecule has 0 spiro atoms. The van der Waals surface area contributed by atoms with Crippen LogP contribution < -0.4 is 0 Å². The number of rotatable bonds is 4. The fraction of sp³-hybridized carbons (Fsp3) is 0. The monoisotopic (exact) mass is 624 g/mol. The van der Waals surface area contributed by atoms with Gasteiger partial charge in [0.15, 0.2) is 5.82 Å². The van der Waals surface area contributed by atoms with E-state index in [1.165, 1.54) is 32.3 Å². The minimum Gasteiger partial charge on any atom is -0.455 e. The van der Waals surface area contributed by atoms with Crippen molar-refractivity contribution in [2.45, 2.75) is 0 Å². The van der Waals surface area contributed by atoms with Gasteiger partial charge in [0.25, 0.3) is 0 Å². The third-order valence-electron chi connectivity index (χ3n) is 9.64. The summed E-state index contributed by atoms with van der Waals surface area (Å²) in [6.45, 7) is 0. The van der Waals surface area contributed by atoms with Gasteiger partial charge in [0.2, 0.25) is 0 Å². The Morgan fingerprint density at radius 1 is 0.388 bits per heavy atom. The van der Waals surface area contributed by atoms with Gasteiger partial charge < -0.3 is 4.42 Å². The lowest BCUT2D eigenvalue weighted by atomic mass is 9.90. The number of aromatic nitrogens is 2. The largest absolute Gasteiger partial charge is 0.455 e. The summed E-state index contributed by atoms with van der Waals surface area (Å²) in [5, 5.41) is 9.39. The highest BCUT2D eigenvalue weighted by atomic mass is 16.3. The van der Waals surface area contributed by atoms with Crippen LogP contribution in [0.5, 0.6) is 0 Å². The van der Waals surface area contributed by atoms with Crippen molar-refractivity contribution in [2.75, 3.05) is 0 Å². The van der Waals surface area contributed by atoms with E-state index < -0.39 is 0 Å². The van der Waals surface area contributed by atoms with Gasteiger partial charge >= 0.3 is 0 Å². The molecule has 10 aromatic rings. The van der Waals surface area contributed by atoms with Gasteiger partial charge in [0, 0.05) is 33.0 Å². The first-order valence-corrected chi connectivity index (χ1v) is 16.6. The van der Waals surface area contributed by atoms with Crippen molar-refractivity contribution in [3.05, 3.63) is 170 Å². The smallest absolute Gasteiger partial charge is 0.160 e. The summed E-state index contributed by atoms with van der Waals surface area (Å²) in [6, 6.07) is 59.7. The molecule has 0 aliphatic carbocycles. The van der Waals surface area contributed by atoms with E-state index in [0.717, 1.165) is 61.1 Å². The second-order valence-electron chi connectivity index (χ2n) is 12.5. The highest BCUT2D eigenvalue weighted by Gasteiger charge is 2.18. The Morgan fingerprint density at radius 2 is 1.04 bits per heavy atom. The van der Waals surface area contributed by atoms with E-state index in [1.807, 2.05) is 30.3 Å². The van der Waals surface area contributed by atoms with E-state index in [4.69, 9.17) is 14.4 Å². The van der Waals surface area contributed by atoms with Gasteiger partial charge in [-0.1, -0.05) is 146 Å². The Hall–Kier alpha value is -6.58. The molecular weight excluding hydrogens is 597 g/mol. The standard InChI is InChI=1S/C46H28N2O/c1-2-13-30(14-3-1)46-47-40(33-17-10-16-32(26-33)37-21-11-22-39-38-20-8-9-23-42(38)49-45(37)39)28-41(48-46)44-36-19-7-5-15-31(36)27-34-25-24-29-12-4-6-18-35(29)43(34)44/h1-28H. The summed E-state index contributed by atoms with van der Waals surface area (Å²) in [4.78, 5) is 10.5. The molecule has 49 heavy (non-hydrogen) atoms. The first-order valence-electron chi connectivity index (χ1n) is 16.6. The van der Waals surface area contributed by atoms with Crippen molar-refractivity contribution in [3.8, 4) is 45.0 Å². The molecular formula is C46H28N2O. The van der Waals surface area contributed by atoms with Crippen LogP contribution in [0.3, 0.4) is 0 Å². The van der Waals surface area contributed by atoms with Crippen molar-refractivity contribution in [1.82, 2.24) is 9.97 Å². The fourth-order valence-electron chi connectivity index (χ4n) is 7.37. The molecule has 0 atom stereocenters. The van der Waals surface area contributed by atoms with Gasteiger partial charge in [-0.05, 0) is 62.1 Å². The van der Waals surface area contributed by atoms with Gasteiger partial charge in [-0.2, -0.15) is 0 Å². The van der Waals surface area contributed by atoms with E-state index in [1.54, 1.807) is 0 Å². The van der Waals surface area contributed by atoms with Gasteiger partial charge in [-0.25, -0.2) is 9.97 Å². The van der Waals surface area contributed by atoms with Crippen LogP contribution >= 0.6 is 0 Å². The molecule has 8 aromatic carbocycles. The maximum atomic E-state index is 6.43. The van der Waals surface area contributed by atoms with E-state index in [9.17, 15) is 0 Å². The number of fused-ring (bicyclic) bond motifs is 7. The number of benzene rings is 8. The lowest BCUT2D eigenvalue weighted by Gasteiger charge is -2.16. The molecule has 3 heteroatoms. The summed E-state index contributed by atoms with van der Waals surface area (Å²) >= 11 is 0. The summed E-state index contributed by atoms with van der Waals surface area (Å²) in [5.41, 5.74) is 8.78. The Kier molecular flexibility index (Phi) is 6.18. The summed E-state index contributed by atoms with van der Waals surface area (Å²) in [5.74, 6) is 0.694. The molecule has 2 aromatic heterocycles. The molecule has 0 bridgehead atoms. The maximum Gasteiger partial charge on any atom is 0.160 e. The van der Waals surface area contributed by atoms with E-state index in [0.29, 0.717) is 5.82 Å². The topological polar surface area (TPSA) is 38.9 Å². The number of hydrogen-bond acceptors (Lipinski definition) is 3. The number of furan rings is 1. The number of para-hydroxylation sites is 2. The predicted octanol–water partition coefficient (Wildman–Crippen LogP) is 12.5. The van der Waals surface area contributed by atoms with Gasteiger partial charge in [-0.15, -0.1) is 0 Å². The van der Waals surface area contributed by atoms with Crippen LogP contribution in [-0.4, -0.2) is 9.97 Å². The van der Waals surface area contributed by atoms with Gasteiger partial charge in [0.05, 0.1) is 11.4 Å². The highest BCUT2D eigenvalue weighted by molar-refractivity contribution is 6.21. The fourth-order valence-corrected chi connectivity index (χ4v) is 7.37. The minimum absolute atomic E-state index is 0.694. The second kappa shape index (κ2) is 11.0. The van der Waals surface area contributed by atoms with Crippen LogP contribution in [0.2, 0.25) is 0 Å². The summed E-state index contributed by atoms with van der Waals surface area (Å²) in [7, 11) is 0. The van der Waals surface area contributed by atoms with E-state index in [-0.39, 0.29) is 0 Å². The molecule has 0 unspecified atom stereocenters. The molecule has 0 saturated carbocycles. The van der Waals surface area contributed by atoms with Crippen LogP contribution in [0, 0.1) is 0 Å². The lowest BCUT2D eigenvalue weighted by Crippen LogP contribution is -1.97. The van der Waals surface area contributed by atoms with Crippen molar-refractivity contribution < 1.29 is 4.42 Å². The predicted molar refractivity (Wildman–Crippen MR) is 204 cm³/mol. The summed E-state index contributed by atoms with van der Waals surface area (Å²) < 4.78 is 6.43. The van der Waals surface area contributed by atoms with E-state index >= 15 is 0 Å².